The zero-order chi connectivity index (χ0) is 31.2. The molecule has 1 fully saturated rings. The van der Waals surface area contributed by atoms with E-state index in [1.54, 1.807) is 37.3 Å². The van der Waals surface area contributed by atoms with Crippen LogP contribution in [0.1, 0.15) is 48.2 Å². The Morgan fingerprint density at radius 2 is 1.73 bits per heavy atom. The summed E-state index contributed by atoms with van der Waals surface area (Å²) in [7, 11) is 3.10. The number of benzene rings is 2. The monoisotopic (exact) mass is 623 g/mol. The molecule has 236 valence electrons. The van der Waals surface area contributed by atoms with Crippen LogP contribution in [0.5, 0.6) is 11.5 Å². The fourth-order valence-corrected chi connectivity index (χ4v) is 6.64. The summed E-state index contributed by atoms with van der Waals surface area (Å²) in [5.41, 5.74) is 3.77. The smallest absolute Gasteiger partial charge is 0.438 e. The van der Waals surface area contributed by atoms with E-state index < -0.39 is 11.3 Å². The van der Waals surface area contributed by atoms with Gasteiger partial charge in [-0.05, 0) is 74.2 Å². The molecule has 2 aromatic carbocycles. The Balaban J connectivity index is 1.26. The van der Waals surface area contributed by atoms with Crippen molar-refractivity contribution in [2.24, 2.45) is 5.10 Å². The quantitative estimate of drug-likeness (QED) is 0.367. The molecule has 44 heavy (non-hydrogen) atoms. The molecule has 3 aliphatic rings. The van der Waals surface area contributed by atoms with Gasteiger partial charge in [-0.15, -0.1) is 5.01 Å². The van der Waals surface area contributed by atoms with Crippen LogP contribution in [0.4, 0.5) is 15.3 Å². The predicted octanol–water partition coefficient (Wildman–Crippen LogP) is 4.72. The summed E-state index contributed by atoms with van der Waals surface area (Å²) in [4.78, 5) is 45.7. The second-order valence-corrected chi connectivity index (χ2v) is 12.3. The first-order valence-electron chi connectivity index (χ1n) is 15.2. The average Bonchev–Trinajstić information content (AvgIpc) is 3.05. The minimum atomic E-state index is -0.757. The number of methoxy groups -OCH3 is 2. The van der Waals surface area contributed by atoms with Crippen LogP contribution in [0.2, 0.25) is 0 Å². The maximum absolute atomic E-state index is 13.5. The average molecular weight is 624 g/mol. The number of fused-ring (bicyclic) bond motifs is 1. The zero-order valence-electron chi connectivity index (χ0n) is 25.9. The predicted molar refractivity (Wildman–Crippen MR) is 171 cm³/mol. The molecule has 5 rings (SSSR count). The number of aryl methyl sites for hydroxylation is 1. The highest BCUT2D eigenvalue weighted by Crippen LogP contribution is 2.34. The van der Waals surface area contributed by atoms with Gasteiger partial charge < -0.3 is 28.9 Å². The van der Waals surface area contributed by atoms with Gasteiger partial charge in [-0.25, -0.2) is 4.79 Å². The van der Waals surface area contributed by atoms with Crippen LogP contribution in [-0.2, 0) is 11.2 Å². The fraction of sp³-hybridized carbons (Fsp3) is 0.500. The summed E-state index contributed by atoms with van der Waals surface area (Å²) < 4.78 is 16.2. The number of hydrogen-bond acceptors (Lipinski definition) is 10. The third-order valence-electron chi connectivity index (χ3n) is 8.34. The Labute approximate surface area is 263 Å². The lowest BCUT2D eigenvalue weighted by Gasteiger charge is -2.33. The number of likely N-dealkylation sites (N-methyl/N-ethyl adjacent to an activating group) is 1. The molecule has 0 aromatic heterocycles. The van der Waals surface area contributed by atoms with Gasteiger partial charge in [-0.2, -0.15) is 5.10 Å². The molecule has 0 spiro atoms. The van der Waals surface area contributed by atoms with Crippen molar-refractivity contribution < 1.29 is 28.6 Å². The second-order valence-electron chi connectivity index (χ2n) is 11.0. The number of hydrazone groups is 1. The van der Waals surface area contributed by atoms with Crippen molar-refractivity contribution in [3.8, 4) is 11.5 Å². The SMILES string of the molecule is CCN1CCN(CCCOC(=O)N2N=C(c3ccc4c(c3)CCCN4C(=O)c3ccc(OC)c(OC)c3)C(C)SC2=O)CC1. The molecule has 3 heterocycles. The number of anilines is 1. The highest BCUT2D eigenvalue weighted by atomic mass is 32.2. The third kappa shape index (κ3) is 7.03. The van der Waals surface area contributed by atoms with Gasteiger partial charge in [0.25, 0.3) is 5.91 Å². The van der Waals surface area contributed by atoms with Gasteiger partial charge in [0.2, 0.25) is 0 Å². The van der Waals surface area contributed by atoms with E-state index >= 15 is 0 Å². The van der Waals surface area contributed by atoms with Gasteiger partial charge in [0.05, 0.1) is 31.8 Å². The van der Waals surface area contributed by atoms with E-state index in [-0.39, 0.29) is 17.8 Å². The summed E-state index contributed by atoms with van der Waals surface area (Å²) >= 11 is 1.05. The Morgan fingerprint density at radius 1 is 0.977 bits per heavy atom. The van der Waals surface area contributed by atoms with Crippen molar-refractivity contribution in [3.63, 3.8) is 0 Å². The number of imide groups is 1. The number of carbonyl (C=O) groups excluding carboxylic acids is 3. The van der Waals surface area contributed by atoms with Gasteiger partial charge in [-0.3, -0.25) is 9.59 Å². The molecular formula is C32H41N5O6S. The topological polar surface area (TPSA) is 104 Å². The summed E-state index contributed by atoms with van der Waals surface area (Å²) in [5.74, 6) is 0.933. The second kappa shape index (κ2) is 14.4. The molecule has 1 saturated heterocycles. The number of amides is 3. The lowest BCUT2D eigenvalue weighted by Crippen LogP contribution is -2.46. The highest BCUT2D eigenvalue weighted by molar-refractivity contribution is 8.14. The van der Waals surface area contributed by atoms with E-state index in [0.29, 0.717) is 35.7 Å². The van der Waals surface area contributed by atoms with E-state index in [2.05, 4.69) is 21.8 Å². The third-order valence-corrected chi connectivity index (χ3v) is 9.29. The van der Waals surface area contributed by atoms with E-state index in [0.717, 1.165) is 85.7 Å². The zero-order valence-corrected chi connectivity index (χ0v) is 26.7. The van der Waals surface area contributed by atoms with Crippen molar-refractivity contribution in [2.45, 2.75) is 38.4 Å². The standard InChI is InChI=1S/C32H41N5O6S/c1-5-34-15-17-35(18-16-34)13-7-19-43-31(39)37-32(40)44-22(2)29(33-37)24-9-11-26-23(20-24)8-6-14-36(26)30(38)25-10-12-27(41-3)28(21-25)42-4/h9-12,20-22H,5-8,13-19H2,1-4H3. The van der Waals surface area contributed by atoms with E-state index in [9.17, 15) is 14.4 Å². The number of ether oxygens (including phenoxy) is 3. The number of nitrogens with zero attached hydrogens (tertiary/aromatic N) is 5. The summed E-state index contributed by atoms with van der Waals surface area (Å²) in [6, 6.07) is 11.0. The molecule has 0 N–H and O–H groups in total. The highest BCUT2D eigenvalue weighted by Gasteiger charge is 2.34. The minimum absolute atomic E-state index is 0.124. The normalized spacial score (nSPS) is 19.3. The van der Waals surface area contributed by atoms with Crippen LogP contribution < -0.4 is 14.4 Å². The first kappa shape index (κ1) is 31.8. The molecule has 3 aliphatic heterocycles. The number of hydrogen-bond donors (Lipinski definition) is 0. The minimum Gasteiger partial charge on any atom is -0.493 e. The maximum atomic E-state index is 13.5. The van der Waals surface area contributed by atoms with Crippen LogP contribution in [0, 0.1) is 0 Å². The Hall–Kier alpha value is -3.61. The van der Waals surface area contributed by atoms with E-state index in [4.69, 9.17) is 14.2 Å². The first-order valence-corrected chi connectivity index (χ1v) is 16.1. The number of thioether (sulfide) groups is 1. The van der Waals surface area contributed by atoms with Crippen molar-refractivity contribution in [3.05, 3.63) is 53.1 Å². The van der Waals surface area contributed by atoms with Gasteiger partial charge in [-0.1, -0.05) is 24.8 Å². The van der Waals surface area contributed by atoms with Crippen LogP contribution in [-0.4, -0.2) is 110 Å². The van der Waals surface area contributed by atoms with Gasteiger partial charge in [0.15, 0.2) is 11.5 Å². The Bertz CT molecular complexity index is 1410. The molecule has 11 nitrogen and oxygen atoms in total. The first-order chi connectivity index (χ1) is 21.3. The van der Waals surface area contributed by atoms with Gasteiger partial charge >= 0.3 is 11.3 Å². The largest absolute Gasteiger partial charge is 0.493 e. The lowest BCUT2D eigenvalue weighted by atomic mass is 9.96. The van der Waals surface area contributed by atoms with Crippen LogP contribution in [0.3, 0.4) is 0 Å². The molecule has 12 heteroatoms. The summed E-state index contributed by atoms with van der Waals surface area (Å²) in [6.07, 6.45) is 1.54. The Kier molecular flexibility index (Phi) is 10.4. The summed E-state index contributed by atoms with van der Waals surface area (Å²) in [6.45, 7) is 10.9. The van der Waals surface area contributed by atoms with E-state index in [1.807, 2.05) is 25.1 Å². The van der Waals surface area contributed by atoms with Crippen LogP contribution >= 0.6 is 11.8 Å². The molecule has 0 radical (unpaired) electrons. The number of carbonyl (C=O) groups is 3. The van der Waals surface area contributed by atoms with Crippen LogP contribution in [0.25, 0.3) is 0 Å². The Morgan fingerprint density at radius 3 is 2.45 bits per heavy atom. The van der Waals surface area contributed by atoms with Crippen molar-refractivity contribution >= 4 is 40.4 Å². The molecule has 3 amide bonds. The molecule has 0 aliphatic carbocycles. The van der Waals surface area contributed by atoms with Crippen molar-refractivity contribution in [1.82, 2.24) is 14.8 Å². The maximum Gasteiger partial charge on any atom is 0.438 e. The summed E-state index contributed by atoms with van der Waals surface area (Å²) in [5, 5.41) is 4.61. The molecule has 0 saturated carbocycles. The van der Waals surface area contributed by atoms with E-state index in [1.165, 1.54) is 0 Å². The van der Waals surface area contributed by atoms with Crippen LogP contribution in [0.15, 0.2) is 41.5 Å². The van der Waals surface area contributed by atoms with Crippen molar-refractivity contribution in [1.29, 1.82) is 0 Å². The number of piperazine rings is 1. The lowest BCUT2D eigenvalue weighted by molar-refractivity contribution is 0.0982. The molecule has 1 unspecified atom stereocenters. The van der Waals surface area contributed by atoms with Gasteiger partial charge in [0, 0.05) is 50.5 Å². The molecule has 1 atom stereocenters. The molecule has 2 aromatic rings. The van der Waals surface area contributed by atoms with Crippen molar-refractivity contribution in [2.75, 3.05) is 71.5 Å². The molecular weight excluding hydrogens is 582 g/mol. The fourth-order valence-electron chi connectivity index (χ4n) is 5.83. The molecule has 0 bridgehead atoms. The number of rotatable bonds is 9. The van der Waals surface area contributed by atoms with Gasteiger partial charge in [0.1, 0.15) is 0 Å².